The number of hydrogen-bond donors (Lipinski definition) is 2. The van der Waals surface area contributed by atoms with Crippen molar-refractivity contribution < 1.29 is 19.2 Å². The molecule has 1 amide bonds. The molecule has 1 heterocycles. The molecule has 0 atom stereocenters. The van der Waals surface area contributed by atoms with E-state index in [4.69, 9.17) is 0 Å². The van der Waals surface area contributed by atoms with Crippen LogP contribution in [0.1, 0.15) is 32.0 Å². The summed E-state index contributed by atoms with van der Waals surface area (Å²) in [7, 11) is 0. The monoisotopic (exact) mass is 322 g/mol. The van der Waals surface area contributed by atoms with Crippen molar-refractivity contribution in [3.63, 3.8) is 0 Å². The molecule has 6 nitrogen and oxygen atoms in total. The minimum atomic E-state index is -0.269. The van der Waals surface area contributed by atoms with Crippen LogP contribution in [-0.2, 0) is 6.54 Å². The number of nitrogens with one attached hydrogen (secondary N) is 1. The first-order valence-electron chi connectivity index (χ1n) is 7.25. The van der Waals surface area contributed by atoms with Gasteiger partial charge in [0.05, 0.1) is 6.54 Å². The van der Waals surface area contributed by atoms with E-state index >= 15 is 0 Å². The van der Waals surface area contributed by atoms with Crippen LogP contribution in [0, 0.1) is 0 Å². The number of phenols is 1. The Morgan fingerprint density at radius 3 is 2.42 bits per heavy atom. The standard InChI is InChI=1S/C18H14N2O4/c21-16-3-1-2-14(10-16)17(22)12-4-6-13(7-5-12)18(23)19-11-15-8-9-24-20-15/h1-10,21H,11H2,(H,19,23). The zero-order chi connectivity index (χ0) is 16.9. The molecule has 0 bridgehead atoms. The molecule has 3 rings (SSSR count). The predicted octanol–water partition coefficient (Wildman–Crippen LogP) is 2.54. The van der Waals surface area contributed by atoms with E-state index in [1.807, 2.05) is 0 Å². The lowest BCUT2D eigenvalue weighted by Crippen LogP contribution is -2.22. The molecular weight excluding hydrogens is 308 g/mol. The first kappa shape index (κ1) is 15.5. The first-order chi connectivity index (χ1) is 11.6. The maximum Gasteiger partial charge on any atom is 0.251 e. The molecule has 0 saturated carbocycles. The number of hydrogen-bond acceptors (Lipinski definition) is 5. The molecule has 2 aromatic carbocycles. The maximum atomic E-state index is 12.3. The van der Waals surface area contributed by atoms with Crippen LogP contribution in [-0.4, -0.2) is 22.0 Å². The van der Waals surface area contributed by atoms with Crippen LogP contribution in [0.2, 0.25) is 0 Å². The van der Waals surface area contributed by atoms with Gasteiger partial charge in [0.25, 0.3) is 5.91 Å². The summed E-state index contributed by atoms with van der Waals surface area (Å²) in [5.74, 6) is -0.459. The maximum absolute atomic E-state index is 12.3. The lowest BCUT2D eigenvalue weighted by Gasteiger charge is -2.05. The molecule has 0 aliphatic carbocycles. The van der Waals surface area contributed by atoms with Crippen molar-refractivity contribution in [1.29, 1.82) is 0 Å². The van der Waals surface area contributed by atoms with Gasteiger partial charge in [-0.2, -0.15) is 0 Å². The van der Waals surface area contributed by atoms with E-state index in [1.165, 1.54) is 18.4 Å². The highest BCUT2D eigenvalue weighted by molar-refractivity contribution is 6.09. The minimum Gasteiger partial charge on any atom is -0.508 e. The van der Waals surface area contributed by atoms with Crippen molar-refractivity contribution in [2.24, 2.45) is 0 Å². The second kappa shape index (κ2) is 6.78. The fourth-order valence-electron chi connectivity index (χ4n) is 2.19. The van der Waals surface area contributed by atoms with Gasteiger partial charge in [-0.15, -0.1) is 0 Å². The number of amides is 1. The summed E-state index contributed by atoms with van der Waals surface area (Å²) in [6.07, 6.45) is 1.43. The molecule has 0 saturated heterocycles. The minimum absolute atomic E-state index is 0.0321. The third-order valence-electron chi connectivity index (χ3n) is 3.44. The van der Waals surface area contributed by atoms with Crippen LogP contribution in [0.3, 0.4) is 0 Å². The second-order valence-corrected chi connectivity index (χ2v) is 5.13. The Morgan fingerprint density at radius 2 is 1.75 bits per heavy atom. The van der Waals surface area contributed by atoms with Gasteiger partial charge in [0.1, 0.15) is 17.7 Å². The molecule has 0 aliphatic heterocycles. The summed E-state index contributed by atoms with van der Waals surface area (Å²) >= 11 is 0. The Morgan fingerprint density at radius 1 is 1.00 bits per heavy atom. The van der Waals surface area contributed by atoms with Crippen LogP contribution < -0.4 is 5.32 Å². The Labute approximate surface area is 137 Å². The molecule has 120 valence electrons. The summed E-state index contributed by atoms with van der Waals surface area (Å²) in [4.78, 5) is 24.4. The van der Waals surface area contributed by atoms with Gasteiger partial charge in [0.15, 0.2) is 5.78 Å². The second-order valence-electron chi connectivity index (χ2n) is 5.13. The lowest BCUT2D eigenvalue weighted by atomic mass is 10.0. The van der Waals surface area contributed by atoms with Gasteiger partial charge >= 0.3 is 0 Å². The fourth-order valence-corrected chi connectivity index (χ4v) is 2.19. The molecule has 3 aromatic rings. The fraction of sp³-hybridized carbons (Fsp3) is 0.0556. The number of ketones is 1. The predicted molar refractivity (Wildman–Crippen MR) is 85.7 cm³/mol. The Hall–Kier alpha value is -3.41. The Kier molecular flexibility index (Phi) is 4.38. The summed E-state index contributed by atoms with van der Waals surface area (Å²) < 4.78 is 4.69. The molecule has 24 heavy (non-hydrogen) atoms. The van der Waals surface area contributed by atoms with E-state index in [1.54, 1.807) is 42.5 Å². The Bertz CT molecular complexity index is 855. The lowest BCUT2D eigenvalue weighted by molar-refractivity contribution is 0.0948. The molecule has 1 aromatic heterocycles. The number of aromatic hydroxyl groups is 1. The average Bonchev–Trinajstić information content (AvgIpc) is 3.13. The van der Waals surface area contributed by atoms with Crippen LogP contribution in [0.25, 0.3) is 0 Å². The highest BCUT2D eigenvalue weighted by atomic mass is 16.5. The van der Waals surface area contributed by atoms with Crippen molar-refractivity contribution in [2.75, 3.05) is 0 Å². The van der Waals surface area contributed by atoms with E-state index in [9.17, 15) is 14.7 Å². The molecule has 0 spiro atoms. The number of carbonyl (C=O) groups excluding carboxylic acids is 2. The van der Waals surface area contributed by atoms with Crippen molar-refractivity contribution in [2.45, 2.75) is 6.54 Å². The third-order valence-corrected chi connectivity index (χ3v) is 3.44. The Balaban J connectivity index is 1.68. The highest BCUT2D eigenvalue weighted by Crippen LogP contribution is 2.16. The van der Waals surface area contributed by atoms with Crippen molar-refractivity contribution >= 4 is 11.7 Å². The van der Waals surface area contributed by atoms with Crippen LogP contribution in [0.4, 0.5) is 0 Å². The number of benzene rings is 2. The van der Waals surface area contributed by atoms with Crippen LogP contribution in [0.15, 0.2) is 65.4 Å². The van der Waals surface area contributed by atoms with E-state index in [0.717, 1.165) is 0 Å². The zero-order valence-electron chi connectivity index (χ0n) is 12.6. The normalized spacial score (nSPS) is 10.3. The average molecular weight is 322 g/mol. The summed E-state index contributed by atoms with van der Waals surface area (Å²) in [6.45, 7) is 0.263. The van der Waals surface area contributed by atoms with Gasteiger partial charge in [-0.05, 0) is 24.3 Å². The van der Waals surface area contributed by atoms with Crippen molar-refractivity contribution in [3.05, 3.63) is 83.2 Å². The molecule has 0 aliphatic rings. The van der Waals surface area contributed by atoms with Gasteiger partial charge < -0.3 is 14.9 Å². The van der Waals surface area contributed by atoms with Crippen LogP contribution in [0.5, 0.6) is 5.75 Å². The first-order valence-corrected chi connectivity index (χ1v) is 7.25. The molecule has 2 N–H and O–H groups in total. The number of aromatic nitrogens is 1. The van der Waals surface area contributed by atoms with Gasteiger partial charge in [0.2, 0.25) is 0 Å². The van der Waals surface area contributed by atoms with Crippen LogP contribution >= 0.6 is 0 Å². The zero-order valence-corrected chi connectivity index (χ0v) is 12.6. The summed E-state index contributed by atoms with van der Waals surface area (Å²) in [6, 6.07) is 14.1. The highest BCUT2D eigenvalue weighted by Gasteiger charge is 2.11. The SMILES string of the molecule is O=C(NCc1ccon1)c1ccc(C(=O)c2cccc(O)c2)cc1. The van der Waals surface area contributed by atoms with Crippen molar-refractivity contribution in [1.82, 2.24) is 10.5 Å². The molecule has 0 unspecified atom stereocenters. The molecular formula is C18H14N2O4. The molecule has 0 fully saturated rings. The van der Waals surface area contributed by atoms with Crippen molar-refractivity contribution in [3.8, 4) is 5.75 Å². The van der Waals surface area contributed by atoms with Gasteiger partial charge in [0, 0.05) is 22.8 Å². The number of phenolic OH excluding ortho intramolecular Hbond substituents is 1. The number of carbonyl (C=O) groups is 2. The van der Waals surface area contributed by atoms with E-state index in [2.05, 4.69) is 15.0 Å². The molecule has 0 radical (unpaired) electrons. The number of rotatable bonds is 5. The van der Waals surface area contributed by atoms with Gasteiger partial charge in [-0.1, -0.05) is 29.4 Å². The third kappa shape index (κ3) is 3.49. The summed E-state index contributed by atoms with van der Waals surface area (Å²) in [5, 5.41) is 15.9. The van der Waals surface area contributed by atoms with E-state index in [0.29, 0.717) is 22.4 Å². The topological polar surface area (TPSA) is 92.4 Å². The summed E-state index contributed by atoms with van der Waals surface area (Å²) in [5.41, 5.74) is 1.89. The van der Waals surface area contributed by atoms with E-state index in [-0.39, 0.29) is 24.0 Å². The van der Waals surface area contributed by atoms with Gasteiger partial charge in [-0.25, -0.2) is 0 Å². The molecule has 6 heteroatoms. The largest absolute Gasteiger partial charge is 0.508 e. The number of nitrogens with zero attached hydrogens (tertiary/aromatic N) is 1. The van der Waals surface area contributed by atoms with Gasteiger partial charge in [-0.3, -0.25) is 9.59 Å². The van der Waals surface area contributed by atoms with E-state index < -0.39 is 0 Å². The quantitative estimate of drug-likeness (QED) is 0.704. The smallest absolute Gasteiger partial charge is 0.251 e.